The summed E-state index contributed by atoms with van der Waals surface area (Å²) in [4.78, 5) is 15.2. The summed E-state index contributed by atoms with van der Waals surface area (Å²) in [6.07, 6.45) is 2.42. The van der Waals surface area contributed by atoms with Gasteiger partial charge in [0.25, 0.3) is 0 Å². The van der Waals surface area contributed by atoms with Crippen LogP contribution in [-0.2, 0) is 4.79 Å². The van der Waals surface area contributed by atoms with Gasteiger partial charge in [-0.2, -0.15) is 0 Å². The lowest BCUT2D eigenvalue weighted by Gasteiger charge is -2.27. The van der Waals surface area contributed by atoms with Crippen molar-refractivity contribution in [2.45, 2.75) is 37.7 Å². The minimum Gasteiger partial charge on any atom is -0.389 e. The first-order chi connectivity index (χ1) is 9.85. The maximum Gasteiger partial charge on any atom is 0.225 e. The molecule has 0 aliphatic heterocycles. The van der Waals surface area contributed by atoms with E-state index in [1.165, 1.54) is 0 Å². The lowest BCUT2D eigenvalue weighted by Crippen LogP contribution is -2.39. The van der Waals surface area contributed by atoms with Crippen LogP contribution in [-0.4, -0.2) is 47.4 Å². The van der Waals surface area contributed by atoms with Gasteiger partial charge in [-0.25, -0.2) is 0 Å². The van der Waals surface area contributed by atoms with Gasteiger partial charge in [-0.15, -0.1) is 11.8 Å². The number of benzene rings is 1. The average Bonchev–Trinajstić information content (AvgIpc) is 2.42. The summed E-state index contributed by atoms with van der Waals surface area (Å²) in [5.74, 6) is 0.00527. The van der Waals surface area contributed by atoms with Crippen LogP contribution in [0.15, 0.2) is 29.2 Å². The summed E-state index contributed by atoms with van der Waals surface area (Å²) in [6, 6.07) is 7.79. The largest absolute Gasteiger partial charge is 0.389 e. The second kappa shape index (κ2) is 8.41. The molecule has 4 nitrogen and oxygen atoms in total. The quantitative estimate of drug-likeness (QED) is 0.725. The van der Waals surface area contributed by atoms with Gasteiger partial charge < -0.3 is 15.3 Å². The van der Waals surface area contributed by atoms with Crippen LogP contribution in [0.5, 0.6) is 0 Å². The van der Waals surface area contributed by atoms with E-state index in [-0.39, 0.29) is 5.91 Å². The van der Waals surface area contributed by atoms with E-state index in [0.29, 0.717) is 19.5 Å². The molecule has 118 valence electrons. The molecule has 0 radical (unpaired) electrons. The molecule has 0 aliphatic carbocycles. The summed E-state index contributed by atoms with van der Waals surface area (Å²) in [6.45, 7) is 7.63. The number of carbonyl (C=O) groups is 1. The van der Waals surface area contributed by atoms with Gasteiger partial charge in [0, 0.05) is 24.4 Å². The van der Waals surface area contributed by atoms with E-state index in [1.54, 1.807) is 25.6 Å². The topological polar surface area (TPSA) is 52.6 Å². The van der Waals surface area contributed by atoms with Crippen molar-refractivity contribution in [1.82, 2.24) is 4.90 Å². The SMILES string of the molecule is CCN(CCC(=O)Nc1ccccc1SC)CC(C)(C)O. The fourth-order valence-electron chi connectivity index (χ4n) is 2.12. The zero-order chi connectivity index (χ0) is 15.9. The highest BCUT2D eigenvalue weighted by molar-refractivity contribution is 7.98. The molecule has 0 heterocycles. The van der Waals surface area contributed by atoms with E-state index in [0.717, 1.165) is 17.1 Å². The first-order valence-corrected chi connectivity index (χ1v) is 8.46. The van der Waals surface area contributed by atoms with Crippen molar-refractivity contribution in [2.75, 3.05) is 31.2 Å². The Balaban J connectivity index is 2.50. The molecule has 0 saturated carbocycles. The normalized spacial score (nSPS) is 11.7. The third-order valence-electron chi connectivity index (χ3n) is 3.09. The van der Waals surface area contributed by atoms with Crippen molar-refractivity contribution in [3.63, 3.8) is 0 Å². The summed E-state index contributed by atoms with van der Waals surface area (Å²) in [5, 5.41) is 12.8. The number of carbonyl (C=O) groups excluding carboxylic acids is 1. The van der Waals surface area contributed by atoms with E-state index in [2.05, 4.69) is 10.2 Å². The molecule has 0 unspecified atom stereocenters. The predicted molar refractivity (Wildman–Crippen MR) is 89.9 cm³/mol. The van der Waals surface area contributed by atoms with Crippen LogP contribution in [0, 0.1) is 0 Å². The molecule has 0 saturated heterocycles. The Morgan fingerprint density at radius 1 is 1.38 bits per heavy atom. The fourth-order valence-corrected chi connectivity index (χ4v) is 2.67. The fraction of sp³-hybridized carbons (Fsp3) is 0.562. The zero-order valence-corrected chi connectivity index (χ0v) is 14.2. The number of thioether (sulfide) groups is 1. The molecule has 1 rings (SSSR count). The van der Waals surface area contributed by atoms with Gasteiger partial charge in [-0.1, -0.05) is 19.1 Å². The maximum absolute atomic E-state index is 12.1. The van der Waals surface area contributed by atoms with Crippen molar-refractivity contribution in [3.8, 4) is 0 Å². The molecule has 2 N–H and O–H groups in total. The third-order valence-corrected chi connectivity index (χ3v) is 3.89. The Bertz CT molecular complexity index is 458. The minimum atomic E-state index is -0.738. The first kappa shape index (κ1) is 18.0. The van der Waals surface area contributed by atoms with Gasteiger partial charge in [-0.3, -0.25) is 4.79 Å². The van der Waals surface area contributed by atoms with Crippen molar-refractivity contribution >= 4 is 23.4 Å². The van der Waals surface area contributed by atoms with Gasteiger partial charge in [0.15, 0.2) is 0 Å². The third kappa shape index (κ3) is 6.98. The number of hydrogen-bond acceptors (Lipinski definition) is 4. The second-order valence-corrected chi connectivity index (χ2v) is 6.53. The number of aliphatic hydroxyl groups is 1. The highest BCUT2D eigenvalue weighted by atomic mass is 32.2. The van der Waals surface area contributed by atoms with Crippen LogP contribution >= 0.6 is 11.8 Å². The molecule has 1 amide bonds. The van der Waals surface area contributed by atoms with Crippen molar-refractivity contribution in [1.29, 1.82) is 0 Å². The number of nitrogens with zero attached hydrogens (tertiary/aromatic N) is 1. The van der Waals surface area contributed by atoms with Crippen LogP contribution in [0.3, 0.4) is 0 Å². The summed E-state index contributed by atoms with van der Waals surface area (Å²) >= 11 is 1.62. The lowest BCUT2D eigenvalue weighted by molar-refractivity contribution is -0.116. The maximum atomic E-state index is 12.1. The molecule has 1 aromatic carbocycles. The Morgan fingerprint density at radius 3 is 2.62 bits per heavy atom. The number of likely N-dealkylation sites (N-methyl/N-ethyl adjacent to an activating group) is 1. The van der Waals surface area contributed by atoms with Gasteiger partial charge in [0.1, 0.15) is 0 Å². The van der Waals surface area contributed by atoms with Gasteiger partial charge >= 0.3 is 0 Å². The molecule has 0 atom stereocenters. The van der Waals surface area contributed by atoms with Gasteiger partial charge in [-0.05, 0) is 38.8 Å². The monoisotopic (exact) mass is 310 g/mol. The molecule has 0 aromatic heterocycles. The van der Waals surface area contributed by atoms with E-state index >= 15 is 0 Å². The smallest absolute Gasteiger partial charge is 0.225 e. The molecule has 0 fully saturated rings. The molecule has 0 aliphatic rings. The van der Waals surface area contributed by atoms with Crippen LogP contribution in [0.2, 0.25) is 0 Å². The number of hydrogen-bond donors (Lipinski definition) is 2. The Morgan fingerprint density at radius 2 is 2.05 bits per heavy atom. The standard InChI is InChI=1S/C16H26N2O2S/c1-5-18(12-16(2,3)20)11-10-15(19)17-13-8-6-7-9-14(13)21-4/h6-9,20H,5,10-12H2,1-4H3,(H,17,19). The molecular weight excluding hydrogens is 284 g/mol. The lowest BCUT2D eigenvalue weighted by atomic mass is 10.1. The van der Waals surface area contributed by atoms with Crippen molar-refractivity contribution in [2.24, 2.45) is 0 Å². The summed E-state index contributed by atoms with van der Waals surface area (Å²) in [7, 11) is 0. The highest BCUT2D eigenvalue weighted by Gasteiger charge is 2.17. The number of para-hydroxylation sites is 1. The average molecular weight is 310 g/mol. The predicted octanol–water partition coefficient (Wildman–Crippen LogP) is 2.83. The van der Waals surface area contributed by atoms with E-state index in [4.69, 9.17) is 0 Å². The minimum absolute atomic E-state index is 0.00527. The van der Waals surface area contributed by atoms with Crippen LogP contribution < -0.4 is 5.32 Å². The molecule has 0 bridgehead atoms. The van der Waals surface area contributed by atoms with Gasteiger partial charge in [0.05, 0.1) is 11.3 Å². The first-order valence-electron chi connectivity index (χ1n) is 7.23. The van der Waals surface area contributed by atoms with E-state index < -0.39 is 5.60 Å². The van der Waals surface area contributed by atoms with Crippen LogP contribution in [0.4, 0.5) is 5.69 Å². The Hall–Kier alpha value is -1.04. The van der Waals surface area contributed by atoms with Crippen LogP contribution in [0.25, 0.3) is 0 Å². The number of anilines is 1. The molecule has 0 spiro atoms. The zero-order valence-electron chi connectivity index (χ0n) is 13.3. The Labute approximate surface area is 131 Å². The van der Waals surface area contributed by atoms with E-state index in [1.807, 2.05) is 37.4 Å². The van der Waals surface area contributed by atoms with E-state index in [9.17, 15) is 9.90 Å². The number of nitrogens with one attached hydrogen (secondary N) is 1. The summed E-state index contributed by atoms with van der Waals surface area (Å²) in [5.41, 5.74) is 0.123. The highest BCUT2D eigenvalue weighted by Crippen LogP contribution is 2.24. The number of amides is 1. The van der Waals surface area contributed by atoms with Gasteiger partial charge in [0.2, 0.25) is 5.91 Å². The van der Waals surface area contributed by atoms with Crippen LogP contribution in [0.1, 0.15) is 27.2 Å². The molecule has 5 heteroatoms. The molecule has 21 heavy (non-hydrogen) atoms. The molecular formula is C16H26N2O2S. The van der Waals surface area contributed by atoms with Crippen molar-refractivity contribution < 1.29 is 9.90 Å². The molecule has 1 aromatic rings. The Kier molecular flexibility index (Phi) is 7.22. The summed E-state index contributed by atoms with van der Waals surface area (Å²) < 4.78 is 0. The number of rotatable bonds is 8. The van der Waals surface area contributed by atoms with Crippen molar-refractivity contribution in [3.05, 3.63) is 24.3 Å². The second-order valence-electron chi connectivity index (χ2n) is 5.68.